The smallest absolute Gasteiger partial charge is 0.307 e. The standard InChI is InChI=1S/C17H20N4O4/c1-11-12(18-16(24)20-9-3-7-14(20)22)5-2-6-13(11)19-17(25)21-10-4-8-15(21)23/h2,5-6H,3-4,7-10H2,1H3,(H,18,24)(H,19,25). The van der Waals surface area contributed by atoms with Crippen LogP contribution in [0.4, 0.5) is 21.0 Å². The van der Waals surface area contributed by atoms with Crippen molar-refractivity contribution in [3.05, 3.63) is 23.8 Å². The Labute approximate surface area is 145 Å². The molecule has 0 saturated carbocycles. The van der Waals surface area contributed by atoms with Gasteiger partial charge in [-0.05, 0) is 37.5 Å². The van der Waals surface area contributed by atoms with E-state index in [1.54, 1.807) is 25.1 Å². The van der Waals surface area contributed by atoms with Gasteiger partial charge >= 0.3 is 12.1 Å². The Morgan fingerprint density at radius 1 is 0.880 bits per heavy atom. The Hall–Kier alpha value is -2.90. The Morgan fingerprint density at radius 2 is 1.32 bits per heavy atom. The van der Waals surface area contributed by atoms with Gasteiger partial charge in [0.25, 0.3) is 0 Å². The highest BCUT2D eigenvalue weighted by Crippen LogP contribution is 2.25. The van der Waals surface area contributed by atoms with Gasteiger partial charge in [-0.3, -0.25) is 19.4 Å². The van der Waals surface area contributed by atoms with E-state index in [0.29, 0.717) is 55.7 Å². The molecule has 8 heteroatoms. The molecule has 0 aromatic heterocycles. The van der Waals surface area contributed by atoms with Gasteiger partial charge in [0.05, 0.1) is 0 Å². The molecule has 0 atom stereocenters. The third-order valence-corrected chi connectivity index (χ3v) is 4.45. The highest BCUT2D eigenvalue weighted by atomic mass is 16.2. The zero-order chi connectivity index (χ0) is 18.0. The molecule has 132 valence electrons. The van der Waals surface area contributed by atoms with Crippen molar-refractivity contribution in [1.82, 2.24) is 9.80 Å². The Balaban J connectivity index is 1.71. The molecule has 0 aliphatic carbocycles. The first-order valence-electron chi connectivity index (χ1n) is 8.29. The van der Waals surface area contributed by atoms with Crippen LogP contribution in [0.25, 0.3) is 0 Å². The van der Waals surface area contributed by atoms with Crippen molar-refractivity contribution < 1.29 is 19.2 Å². The van der Waals surface area contributed by atoms with E-state index in [2.05, 4.69) is 10.6 Å². The number of likely N-dealkylation sites (tertiary alicyclic amines) is 2. The van der Waals surface area contributed by atoms with Crippen molar-refractivity contribution in [2.45, 2.75) is 32.6 Å². The lowest BCUT2D eigenvalue weighted by Gasteiger charge is -2.19. The second kappa shape index (κ2) is 6.92. The number of nitrogens with zero attached hydrogens (tertiary/aromatic N) is 2. The molecular formula is C17H20N4O4. The molecule has 0 unspecified atom stereocenters. The maximum atomic E-state index is 12.2. The number of rotatable bonds is 2. The maximum Gasteiger partial charge on any atom is 0.328 e. The zero-order valence-electron chi connectivity index (χ0n) is 14.0. The summed E-state index contributed by atoms with van der Waals surface area (Å²) in [5.41, 5.74) is 1.67. The number of benzene rings is 1. The Kier molecular flexibility index (Phi) is 4.69. The van der Waals surface area contributed by atoms with Crippen molar-refractivity contribution in [3.63, 3.8) is 0 Å². The SMILES string of the molecule is Cc1c(NC(=O)N2CCCC2=O)cccc1NC(=O)N1CCCC1=O. The van der Waals surface area contributed by atoms with Crippen LogP contribution in [0.15, 0.2) is 18.2 Å². The zero-order valence-corrected chi connectivity index (χ0v) is 14.0. The van der Waals surface area contributed by atoms with Crippen LogP contribution in [-0.4, -0.2) is 46.8 Å². The third kappa shape index (κ3) is 3.47. The molecule has 6 amide bonds. The van der Waals surface area contributed by atoms with Gasteiger partial charge < -0.3 is 10.6 Å². The summed E-state index contributed by atoms with van der Waals surface area (Å²) >= 11 is 0. The van der Waals surface area contributed by atoms with E-state index < -0.39 is 12.1 Å². The minimum atomic E-state index is -0.469. The molecule has 2 fully saturated rings. The largest absolute Gasteiger partial charge is 0.328 e. The summed E-state index contributed by atoms with van der Waals surface area (Å²) in [6, 6.07) is 4.15. The van der Waals surface area contributed by atoms with Gasteiger partial charge in [-0.2, -0.15) is 0 Å². The molecule has 1 aromatic carbocycles. The van der Waals surface area contributed by atoms with Gasteiger partial charge in [0.1, 0.15) is 0 Å². The average molecular weight is 344 g/mol. The molecule has 8 nitrogen and oxygen atoms in total. The van der Waals surface area contributed by atoms with Gasteiger partial charge in [-0.25, -0.2) is 9.59 Å². The van der Waals surface area contributed by atoms with Gasteiger partial charge in [-0.15, -0.1) is 0 Å². The first-order chi connectivity index (χ1) is 12.0. The number of hydrogen-bond donors (Lipinski definition) is 2. The molecule has 2 aliphatic heterocycles. The number of hydrogen-bond acceptors (Lipinski definition) is 4. The normalized spacial score (nSPS) is 17.2. The van der Waals surface area contributed by atoms with E-state index in [0.717, 1.165) is 0 Å². The molecule has 2 N–H and O–H groups in total. The number of amides is 6. The van der Waals surface area contributed by atoms with E-state index >= 15 is 0 Å². The highest BCUT2D eigenvalue weighted by Gasteiger charge is 2.28. The molecule has 0 radical (unpaired) electrons. The number of imide groups is 2. The molecule has 3 rings (SSSR count). The first-order valence-corrected chi connectivity index (χ1v) is 8.29. The minimum Gasteiger partial charge on any atom is -0.307 e. The van der Waals surface area contributed by atoms with Crippen LogP contribution in [0.3, 0.4) is 0 Å². The lowest BCUT2D eigenvalue weighted by Crippen LogP contribution is -2.36. The fraction of sp³-hybridized carbons (Fsp3) is 0.412. The monoisotopic (exact) mass is 344 g/mol. The number of urea groups is 2. The summed E-state index contributed by atoms with van der Waals surface area (Å²) in [7, 11) is 0. The van der Waals surface area contributed by atoms with Gasteiger partial charge in [0, 0.05) is 37.3 Å². The number of nitrogens with one attached hydrogen (secondary N) is 2. The lowest BCUT2D eigenvalue weighted by atomic mass is 10.1. The summed E-state index contributed by atoms with van der Waals surface area (Å²) in [5.74, 6) is -0.376. The maximum absolute atomic E-state index is 12.2. The van der Waals surface area contributed by atoms with Gasteiger partial charge in [0.15, 0.2) is 0 Å². The van der Waals surface area contributed by atoms with E-state index in [9.17, 15) is 19.2 Å². The highest BCUT2D eigenvalue weighted by molar-refractivity contribution is 6.04. The van der Waals surface area contributed by atoms with Crippen LogP contribution < -0.4 is 10.6 Å². The summed E-state index contributed by atoms with van der Waals surface area (Å²) in [6.07, 6.45) is 2.11. The third-order valence-electron chi connectivity index (χ3n) is 4.45. The summed E-state index contributed by atoms with van der Waals surface area (Å²) in [5, 5.41) is 5.42. The van der Waals surface area contributed by atoms with Crippen LogP contribution in [0, 0.1) is 6.92 Å². The first kappa shape index (κ1) is 16.9. The second-order valence-electron chi connectivity index (χ2n) is 6.14. The Morgan fingerprint density at radius 3 is 1.68 bits per heavy atom. The molecule has 0 bridgehead atoms. The van der Waals surface area contributed by atoms with Crippen LogP contribution in [-0.2, 0) is 9.59 Å². The predicted octanol–water partition coefficient (Wildman–Crippen LogP) is 2.30. The second-order valence-corrected chi connectivity index (χ2v) is 6.14. The predicted molar refractivity (Wildman–Crippen MR) is 91.1 cm³/mol. The number of carbonyl (C=O) groups is 4. The van der Waals surface area contributed by atoms with E-state index in [-0.39, 0.29) is 11.8 Å². The topological polar surface area (TPSA) is 98.8 Å². The van der Waals surface area contributed by atoms with Crippen molar-refractivity contribution >= 4 is 35.3 Å². The molecule has 25 heavy (non-hydrogen) atoms. The van der Waals surface area contributed by atoms with Crippen molar-refractivity contribution in [3.8, 4) is 0 Å². The molecule has 2 saturated heterocycles. The molecule has 1 aromatic rings. The van der Waals surface area contributed by atoms with Crippen LogP contribution in [0.5, 0.6) is 0 Å². The molecule has 2 heterocycles. The van der Waals surface area contributed by atoms with Crippen LogP contribution in [0.1, 0.15) is 31.2 Å². The van der Waals surface area contributed by atoms with Crippen LogP contribution in [0.2, 0.25) is 0 Å². The van der Waals surface area contributed by atoms with E-state index in [1.807, 2.05) is 0 Å². The van der Waals surface area contributed by atoms with Crippen molar-refractivity contribution in [1.29, 1.82) is 0 Å². The lowest BCUT2D eigenvalue weighted by molar-refractivity contribution is -0.125. The van der Waals surface area contributed by atoms with Gasteiger partial charge in [0.2, 0.25) is 11.8 Å². The number of anilines is 2. The van der Waals surface area contributed by atoms with Crippen molar-refractivity contribution in [2.24, 2.45) is 0 Å². The fourth-order valence-electron chi connectivity index (χ4n) is 3.00. The minimum absolute atomic E-state index is 0.188. The molecule has 2 aliphatic rings. The van der Waals surface area contributed by atoms with E-state index in [1.165, 1.54) is 9.80 Å². The van der Waals surface area contributed by atoms with E-state index in [4.69, 9.17) is 0 Å². The average Bonchev–Trinajstić information content (AvgIpc) is 3.19. The summed E-state index contributed by atoms with van der Waals surface area (Å²) in [6.45, 7) is 2.58. The summed E-state index contributed by atoms with van der Waals surface area (Å²) < 4.78 is 0. The fourth-order valence-corrected chi connectivity index (χ4v) is 3.00. The van der Waals surface area contributed by atoms with Crippen molar-refractivity contribution in [2.75, 3.05) is 23.7 Å². The molecular weight excluding hydrogens is 324 g/mol. The number of carbonyl (C=O) groups excluding carboxylic acids is 4. The Bertz CT molecular complexity index is 688. The quantitative estimate of drug-likeness (QED) is 0.860. The summed E-state index contributed by atoms with van der Waals surface area (Å²) in [4.78, 5) is 50.1. The van der Waals surface area contributed by atoms with Crippen LogP contribution >= 0.6 is 0 Å². The van der Waals surface area contributed by atoms with Gasteiger partial charge in [-0.1, -0.05) is 6.07 Å². The molecule has 0 spiro atoms.